The highest BCUT2D eigenvalue weighted by atomic mass is 16.5. The van der Waals surface area contributed by atoms with Crippen LogP contribution in [-0.4, -0.2) is 27.3 Å². The van der Waals surface area contributed by atoms with Crippen molar-refractivity contribution >= 4 is 22.6 Å². The lowest BCUT2D eigenvalue weighted by molar-refractivity contribution is 0.102. The summed E-state index contributed by atoms with van der Waals surface area (Å²) in [5, 5.41) is 8.25. The quantitative estimate of drug-likeness (QED) is 0.495. The van der Waals surface area contributed by atoms with Gasteiger partial charge >= 0.3 is 0 Å². The molecule has 0 unspecified atom stereocenters. The Kier molecular flexibility index (Phi) is 5.48. The van der Waals surface area contributed by atoms with Crippen LogP contribution in [0.1, 0.15) is 29.4 Å². The highest BCUT2D eigenvalue weighted by molar-refractivity contribution is 6.13. The Labute approximate surface area is 175 Å². The molecule has 0 atom stereocenters. The number of fused-ring (bicyclic) bond motifs is 1. The van der Waals surface area contributed by atoms with E-state index in [0.29, 0.717) is 29.3 Å². The number of aryl methyl sites for hydroxylation is 2. The number of pyridine rings is 1. The van der Waals surface area contributed by atoms with E-state index in [1.54, 1.807) is 4.68 Å². The second kappa shape index (κ2) is 8.37. The predicted octanol–water partition coefficient (Wildman–Crippen LogP) is 4.98. The van der Waals surface area contributed by atoms with Gasteiger partial charge in [0.05, 0.1) is 34.6 Å². The lowest BCUT2D eigenvalue weighted by atomic mass is 10.0. The predicted molar refractivity (Wildman–Crippen MR) is 119 cm³/mol. The summed E-state index contributed by atoms with van der Waals surface area (Å²) in [7, 11) is 1.84. The van der Waals surface area contributed by atoms with Gasteiger partial charge in [0.25, 0.3) is 5.91 Å². The van der Waals surface area contributed by atoms with Crippen molar-refractivity contribution in [2.75, 3.05) is 11.9 Å². The van der Waals surface area contributed by atoms with E-state index in [2.05, 4.69) is 10.4 Å². The molecule has 0 bridgehead atoms. The molecule has 0 saturated carbocycles. The molecule has 1 N–H and O–H groups in total. The molecule has 0 fully saturated rings. The van der Waals surface area contributed by atoms with E-state index in [1.807, 2.05) is 81.6 Å². The van der Waals surface area contributed by atoms with Crippen LogP contribution in [0.2, 0.25) is 0 Å². The fourth-order valence-corrected chi connectivity index (χ4v) is 3.48. The van der Waals surface area contributed by atoms with Crippen LogP contribution in [0.4, 0.5) is 5.69 Å². The smallest absolute Gasteiger partial charge is 0.256 e. The van der Waals surface area contributed by atoms with E-state index in [1.165, 1.54) is 0 Å². The fraction of sp³-hybridized carbons (Fsp3) is 0.208. The van der Waals surface area contributed by atoms with Gasteiger partial charge in [0.1, 0.15) is 5.75 Å². The molecule has 0 spiro atoms. The van der Waals surface area contributed by atoms with Crippen molar-refractivity contribution in [2.45, 2.75) is 20.3 Å². The molecule has 0 aliphatic heterocycles. The molecule has 30 heavy (non-hydrogen) atoms. The molecule has 4 rings (SSSR count). The van der Waals surface area contributed by atoms with Crippen molar-refractivity contribution in [1.82, 2.24) is 14.8 Å². The molecule has 4 aromatic rings. The van der Waals surface area contributed by atoms with Gasteiger partial charge in [-0.25, -0.2) is 4.98 Å². The van der Waals surface area contributed by atoms with Crippen LogP contribution in [0, 0.1) is 6.92 Å². The molecule has 2 aromatic carbocycles. The Balaban J connectivity index is 1.79. The van der Waals surface area contributed by atoms with E-state index >= 15 is 0 Å². The highest BCUT2D eigenvalue weighted by Crippen LogP contribution is 2.29. The molecule has 1 amide bonds. The van der Waals surface area contributed by atoms with Crippen LogP contribution in [0.25, 0.3) is 22.3 Å². The molecule has 6 nitrogen and oxygen atoms in total. The van der Waals surface area contributed by atoms with E-state index in [-0.39, 0.29) is 5.91 Å². The molecule has 0 aliphatic rings. The van der Waals surface area contributed by atoms with Gasteiger partial charge in [0.15, 0.2) is 5.65 Å². The molecule has 0 aliphatic carbocycles. The first-order chi connectivity index (χ1) is 14.6. The van der Waals surface area contributed by atoms with Crippen molar-refractivity contribution in [3.05, 3.63) is 71.9 Å². The first-order valence-electron chi connectivity index (χ1n) is 10.0. The zero-order valence-corrected chi connectivity index (χ0v) is 17.3. The fourth-order valence-electron chi connectivity index (χ4n) is 3.48. The van der Waals surface area contributed by atoms with Crippen molar-refractivity contribution < 1.29 is 9.53 Å². The summed E-state index contributed by atoms with van der Waals surface area (Å²) >= 11 is 0. The average molecular weight is 400 g/mol. The lowest BCUT2D eigenvalue weighted by Gasteiger charge is -2.13. The monoisotopic (exact) mass is 400 g/mol. The number of anilines is 1. The topological polar surface area (TPSA) is 69.0 Å². The summed E-state index contributed by atoms with van der Waals surface area (Å²) in [5.74, 6) is 0.437. The minimum absolute atomic E-state index is 0.219. The second-order valence-corrected chi connectivity index (χ2v) is 7.13. The minimum atomic E-state index is -0.219. The number of amides is 1. The molecule has 152 valence electrons. The Morgan fingerprint density at radius 3 is 2.60 bits per heavy atom. The van der Waals surface area contributed by atoms with E-state index < -0.39 is 0 Å². The number of ether oxygens (including phenoxy) is 1. The lowest BCUT2D eigenvalue weighted by Crippen LogP contribution is -2.14. The summed E-state index contributed by atoms with van der Waals surface area (Å²) in [6, 6.07) is 19.1. The van der Waals surface area contributed by atoms with E-state index in [0.717, 1.165) is 28.8 Å². The molecule has 6 heteroatoms. The highest BCUT2D eigenvalue weighted by Gasteiger charge is 2.20. The average Bonchev–Trinajstić information content (AvgIpc) is 3.06. The molecular weight excluding hydrogens is 376 g/mol. The summed E-state index contributed by atoms with van der Waals surface area (Å²) in [4.78, 5) is 18.1. The molecule has 2 aromatic heterocycles. The Morgan fingerprint density at radius 2 is 1.83 bits per heavy atom. The van der Waals surface area contributed by atoms with Crippen LogP contribution in [0.5, 0.6) is 5.75 Å². The maximum Gasteiger partial charge on any atom is 0.256 e. The number of carbonyl (C=O) groups is 1. The number of nitrogens with one attached hydrogen (secondary N) is 1. The van der Waals surface area contributed by atoms with Crippen molar-refractivity contribution in [3.63, 3.8) is 0 Å². The number of nitrogens with zero attached hydrogens (tertiary/aromatic N) is 3. The molecule has 0 saturated heterocycles. The first kappa shape index (κ1) is 19.6. The van der Waals surface area contributed by atoms with Crippen LogP contribution >= 0.6 is 0 Å². The van der Waals surface area contributed by atoms with Gasteiger partial charge in [-0.1, -0.05) is 49.4 Å². The van der Waals surface area contributed by atoms with Gasteiger partial charge in [0.2, 0.25) is 0 Å². The normalized spacial score (nSPS) is 10.9. The van der Waals surface area contributed by atoms with Crippen LogP contribution in [0.3, 0.4) is 0 Å². The third-order valence-electron chi connectivity index (χ3n) is 4.88. The number of benzene rings is 2. The van der Waals surface area contributed by atoms with E-state index in [4.69, 9.17) is 9.72 Å². The number of hydrogen-bond acceptors (Lipinski definition) is 4. The van der Waals surface area contributed by atoms with Gasteiger partial charge in [-0.15, -0.1) is 0 Å². The number of rotatable bonds is 6. The van der Waals surface area contributed by atoms with Gasteiger partial charge < -0.3 is 10.1 Å². The molecular formula is C24H24N4O2. The largest absolute Gasteiger partial charge is 0.491 e. The van der Waals surface area contributed by atoms with Gasteiger partial charge in [-0.2, -0.15) is 5.10 Å². The maximum absolute atomic E-state index is 13.4. The van der Waals surface area contributed by atoms with Crippen molar-refractivity contribution in [2.24, 2.45) is 7.05 Å². The number of hydrogen-bond donors (Lipinski definition) is 1. The standard InChI is InChI=1S/C24H24N4O2/c1-4-14-30-21-13-9-8-12-19(21)26-24(29)18-15-20(17-10-6-5-7-11-17)25-23-22(18)16(2)27-28(23)3/h5-13,15H,4,14H2,1-3H3,(H,26,29). The molecule has 0 radical (unpaired) electrons. The Bertz CT molecular complexity index is 1200. The van der Waals surface area contributed by atoms with Gasteiger partial charge in [-0.05, 0) is 31.5 Å². The summed E-state index contributed by atoms with van der Waals surface area (Å²) in [6.07, 6.45) is 0.891. The van der Waals surface area contributed by atoms with Crippen LogP contribution < -0.4 is 10.1 Å². The number of para-hydroxylation sites is 2. The Morgan fingerprint density at radius 1 is 1.10 bits per heavy atom. The van der Waals surface area contributed by atoms with Crippen molar-refractivity contribution in [3.8, 4) is 17.0 Å². The zero-order chi connectivity index (χ0) is 21.1. The molecule has 2 heterocycles. The first-order valence-corrected chi connectivity index (χ1v) is 10.0. The van der Waals surface area contributed by atoms with Gasteiger partial charge in [0, 0.05) is 12.6 Å². The minimum Gasteiger partial charge on any atom is -0.491 e. The number of carbonyl (C=O) groups excluding carboxylic acids is 1. The zero-order valence-electron chi connectivity index (χ0n) is 17.3. The van der Waals surface area contributed by atoms with Gasteiger partial charge in [-0.3, -0.25) is 9.48 Å². The maximum atomic E-state index is 13.4. The van der Waals surface area contributed by atoms with Crippen LogP contribution in [0.15, 0.2) is 60.7 Å². The summed E-state index contributed by atoms with van der Waals surface area (Å²) in [5.41, 5.74) is 4.29. The number of aromatic nitrogens is 3. The van der Waals surface area contributed by atoms with Crippen molar-refractivity contribution in [1.29, 1.82) is 0 Å². The SMILES string of the molecule is CCCOc1ccccc1NC(=O)c1cc(-c2ccccc2)nc2c1c(C)nn2C. The third kappa shape index (κ3) is 3.76. The summed E-state index contributed by atoms with van der Waals surface area (Å²) in [6.45, 7) is 4.53. The summed E-state index contributed by atoms with van der Waals surface area (Å²) < 4.78 is 7.50. The van der Waals surface area contributed by atoms with Crippen LogP contribution in [-0.2, 0) is 7.05 Å². The van der Waals surface area contributed by atoms with E-state index in [9.17, 15) is 4.79 Å². The third-order valence-corrected chi connectivity index (χ3v) is 4.88. The Hall–Kier alpha value is -3.67. The second-order valence-electron chi connectivity index (χ2n) is 7.13.